The molecule has 196 valence electrons. The maximum atomic E-state index is 14.0. The largest absolute Gasteiger partial charge is 0.493 e. The maximum absolute atomic E-state index is 14.0. The summed E-state index contributed by atoms with van der Waals surface area (Å²) < 4.78 is 17.8. The number of carbonyl (C=O) groups excluding carboxylic acids is 1. The van der Waals surface area contributed by atoms with Gasteiger partial charge >= 0.3 is 0 Å². The number of hydrogen-bond acceptors (Lipinski definition) is 6. The van der Waals surface area contributed by atoms with Crippen LogP contribution >= 0.6 is 0 Å². The molecule has 38 heavy (non-hydrogen) atoms. The van der Waals surface area contributed by atoms with Crippen LogP contribution in [0.15, 0.2) is 57.9 Å². The molecule has 0 saturated heterocycles. The molecule has 1 unspecified atom stereocenters. The van der Waals surface area contributed by atoms with Crippen molar-refractivity contribution in [1.82, 2.24) is 4.98 Å². The molecule has 7 heteroatoms. The van der Waals surface area contributed by atoms with Gasteiger partial charge in [-0.3, -0.25) is 14.5 Å². The Balaban J connectivity index is 1.70. The van der Waals surface area contributed by atoms with Crippen LogP contribution in [-0.2, 0) is 0 Å². The molecule has 5 rings (SSSR count). The molecule has 2 aromatic carbocycles. The quantitative estimate of drug-likeness (QED) is 0.289. The van der Waals surface area contributed by atoms with Gasteiger partial charge in [0.05, 0.1) is 30.7 Å². The highest BCUT2D eigenvalue weighted by Gasteiger charge is 2.44. The van der Waals surface area contributed by atoms with E-state index < -0.39 is 11.9 Å². The van der Waals surface area contributed by atoms with Crippen LogP contribution in [0.2, 0.25) is 0 Å². The van der Waals surface area contributed by atoms with Gasteiger partial charge in [0.2, 0.25) is 5.76 Å². The van der Waals surface area contributed by atoms with Gasteiger partial charge in [-0.25, -0.2) is 4.98 Å². The highest BCUT2D eigenvalue weighted by atomic mass is 16.5. The molecule has 1 aliphatic heterocycles. The lowest BCUT2D eigenvalue weighted by atomic mass is 9.97. The SMILES string of the molecule is COc1cc(C2c3c(oc4cc(C)c(C)cc4c3=O)C(=O)N2c2ccc(C)cn2)ccc1OCCC(C)C. The summed E-state index contributed by atoms with van der Waals surface area (Å²) in [4.78, 5) is 33.8. The number of anilines is 1. The number of carbonyl (C=O) groups is 1. The lowest BCUT2D eigenvalue weighted by Crippen LogP contribution is -2.30. The summed E-state index contributed by atoms with van der Waals surface area (Å²) in [7, 11) is 1.58. The van der Waals surface area contributed by atoms with E-state index in [1.165, 1.54) is 4.90 Å². The molecule has 0 N–H and O–H groups in total. The van der Waals surface area contributed by atoms with Crippen LogP contribution < -0.4 is 19.8 Å². The van der Waals surface area contributed by atoms with Crippen molar-refractivity contribution < 1.29 is 18.7 Å². The van der Waals surface area contributed by atoms with Crippen LogP contribution in [0, 0.1) is 26.7 Å². The second-order valence-electron chi connectivity index (χ2n) is 10.3. The Labute approximate surface area is 222 Å². The average molecular weight is 513 g/mol. The minimum atomic E-state index is -0.742. The van der Waals surface area contributed by atoms with E-state index in [0.29, 0.717) is 51.9 Å². The van der Waals surface area contributed by atoms with Crippen LogP contribution in [0.1, 0.15) is 64.7 Å². The monoisotopic (exact) mass is 512 g/mol. The molecule has 0 spiro atoms. The number of pyridine rings is 1. The van der Waals surface area contributed by atoms with E-state index in [-0.39, 0.29) is 11.2 Å². The molecule has 0 fully saturated rings. The molecule has 7 nitrogen and oxygen atoms in total. The van der Waals surface area contributed by atoms with Crippen LogP contribution in [0.3, 0.4) is 0 Å². The van der Waals surface area contributed by atoms with Gasteiger partial charge < -0.3 is 13.9 Å². The first-order valence-corrected chi connectivity index (χ1v) is 12.8. The maximum Gasteiger partial charge on any atom is 0.296 e. The van der Waals surface area contributed by atoms with E-state index in [4.69, 9.17) is 13.9 Å². The van der Waals surface area contributed by atoms with Crippen LogP contribution in [0.4, 0.5) is 5.82 Å². The van der Waals surface area contributed by atoms with Gasteiger partial charge in [-0.05, 0) is 85.7 Å². The van der Waals surface area contributed by atoms with Gasteiger partial charge in [-0.1, -0.05) is 26.0 Å². The Bertz CT molecular complexity index is 1590. The van der Waals surface area contributed by atoms with Crippen molar-refractivity contribution in [1.29, 1.82) is 0 Å². The fraction of sp³-hybridized carbons (Fsp3) is 0.323. The number of aromatic nitrogens is 1. The van der Waals surface area contributed by atoms with Crippen molar-refractivity contribution in [3.63, 3.8) is 0 Å². The molecular weight excluding hydrogens is 480 g/mol. The van der Waals surface area contributed by atoms with Crippen molar-refractivity contribution in [3.8, 4) is 11.5 Å². The smallest absolute Gasteiger partial charge is 0.296 e. The van der Waals surface area contributed by atoms with Crippen molar-refractivity contribution in [2.24, 2.45) is 5.92 Å². The van der Waals surface area contributed by atoms with Gasteiger partial charge in [0.25, 0.3) is 5.91 Å². The highest BCUT2D eigenvalue weighted by Crippen LogP contribution is 2.43. The number of methoxy groups -OCH3 is 1. The zero-order valence-electron chi connectivity index (χ0n) is 22.6. The van der Waals surface area contributed by atoms with E-state index in [0.717, 1.165) is 23.1 Å². The molecule has 4 aromatic rings. The minimum Gasteiger partial charge on any atom is -0.493 e. The highest BCUT2D eigenvalue weighted by molar-refractivity contribution is 6.10. The minimum absolute atomic E-state index is 0.0364. The van der Waals surface area contributed by atoms with Crippen molar-refractivity contribution in [3.05, 3.63) is 92.5 Å². The Hall–Kier alpha value is -4.13. The Morgan fingerprint density at radius 3 is 2.45 bits per heavy atom. The summed E-state index contributed by atoms with van der Waals surface area (Å²) in [6.07, 6.45) is 2.61. The van der Waals surface area contributed by atoms with Crippen LogP contribution in [0.25, 0.3) is 11.0 Å². The Morgan fingerprint density at radius 1 is 1.00 bits per heavy atom. The van der Waals surface area contributed by atoms with Gasteiger partial charge in [-0.2, -0.15) is 0 Å². The fourth-order valence-corrected chi connectivity index (χ4v) is 4.76. The van der Waals surface area contributed by atoms with Crippen molar-refractivity contribution >= 4 is 22.7 Å². The summed E-state index contributed by atoms with van der Waals surface area (Å²) in [6.45, 7) is 10.7. The number of fused-ring (bicyclic) bond motifs is 2. The molecule has 2 aromatic heterocycles. The van der Waals surface area contributed by atoms with Gasteiger partial charge in [0, 0.05) is 6.20 Å². The number of ether oxygens (including phenoxy) is 2. The van der Waals surface area contributed by atoms with Crippen molar-refractivity contribution in [2.75, 3.05) is 18.6 Å². The van der Waals surface area contributed by atoms with E-state index in [1.54, 1.807) is 19.4 Å². The summed E-state index contributed by atoms with van der Waals surface area (Å²) >= 11 is 0. The molecule has 0 radical (unpaired) electrons. The number of rotatable bonds is 7. The standard InChI is InChI=1S/C31H32N2O5/c1-17(2)11-12-37-23-9-8-21(15-25(23)36-6)28-27-29(34)22-13-19(4)20(5)14-24(22)38-30(27)31(35)33(28)26-10-7-18(3)16-32-26/h7-10,13-17,28H,11-12H2,1-6H3. The van der Waals surface area contributed by atoms with E-state index >= 15 is 0 Å². The van der Waals surface area contributed by atoms with Crippen LogP contribution in [0.5, 0.6) is 11.5 Å². The second kappa shape index (κ2) is 9.97. The zero-order valence-corrected chi connectivity index (χ0v) is 22.6. The molecule has 1 atom stereocenters. The topological polar surface area (TPSA) is 81.9 Å². The predicted octanol–water partition coefficient (Wildman–Crippen LogP) is 6.30. The number of amides is 1. The zero-order chi connectivity index (χ0) is 27.1. The van der Waals surface area contributed by atoms with Gasteiger partial charge in [-0.15, -0.1) is 0 Å². The molecule has 1 aliphatic rings. The molecule has 3 heterocycles. The number of hydrogen-bond donors (Lipinski definition) is 0. The first-order chi connectivity index (χ1) is 18.2. The third kappa shape index (κ3) is 4.42. The van der Waals surface area contributed by atoms with Gasteiger partial charge in [0.15, 0.2) is 16.9 Å². The molecule has 0 saturated carbocycles. The lowest BCUT2D eigenvalue weighted by molar-refractivity contribution is 0.0970. The third-order valence-corrected chi connectivity index (χ3v) is 7.09. The van der Waals surface area contributed by atoms with E-state index in [9.17, 15) is 9.59 Å². The first kappa shape index (κ1) is 25.5. The number of aryl methyl sites for hydroxylation is 3. The predicted molar refractivity (Wildman–Crippen MR) is 148 cm³/mol. The summed E-state index contributed by atoms with van der Waals surface area (Å²) in [5.41, 5.74) is 4.09. The Morgan fingerprint density at radius 2 is 1.76 bits per heavy atom. The van der Waals surface area contributed by atoms with Crippen LogP contribution in [-0.4, -0.2) is 24.6 Å². The molecular formula is C31H32N2O5. The van der Waals surface area contributed by atoms with E-state index in [1.807, 2.05) is 57.2 Å². The number of benzene rings is 2. The summed E-state index contributed by atoms with van der Waals surface area (Å²) in [6, 6.07) is 12.1. The normalized spacial score (nSPS) is 14.9. The average Bonchev–Trinajstić information content (AvgIpc) is 3.18. The summed E-state index contributed by atoms with van der Waals surface area (Å²) in [5.74, 6) is 1.71. The third-order valence-electron chi connectivity index (χ3n) is 7.09. The first-order valence-electron chi connectivity index (χ1n) is 12.8. The lowest BCUT2D eigenvalue weighted by Gasteiger charge is -2.25. The Kier molecular flexibility index (Phi) is 6.69. The summed E-state index contributed by atoms with van der Waals surface area (Å²) in [5, 5.41) is 0.448. The van der Waals surface area contributed by atoms with Crippen molar-refractivity contribution in [2.45, 2.75) is 47.1 Å². The fourth-order valence-electron chi connectivity index (χ4n) is 4.76. The molecule has 0 bridgehead atoms. The molecule has 0 aliphatic carbocycles. The van der Waals surface area contributed by atoms with E-state index in [2.05, 4.69) is 18.8 Å². The van der Waals surface area contributed by atoms with Gasteiger partial charge in [0.1, 0.15) is 11.4 Å². The second-order valence-corrected chi connectivity index (χ2v) is 10.3. The number of nitrogens with zero attached hydrogens (tertiary/aromatic N) is 2. The molecule has 1 amide bonds.